The van der Waals surface area contributed by atoms with E-state index in [1.165, 1.54) is 0 Å². The van der Waals surface area contributed by atoms with Gasteiger partial charge in [0.1, 0.15) is 4.90 Å². The van der Waals surface area contributed by atoms with E-state index in [1.54, 1.807) is 18.2 Å². The summed E-state index contributed by atoms with van der Waals surface area (Å²) in [6.45, 7) is 2.67. The number of hydrogen-bond acceptors (Lipinski definition) is 5. The standard InChI is InChI=1S/C23H26N4O3S/c28-23(27-14-12-19(16-27)24-18-8-2-1-3-9-18)17-7-6-13-26(15-17)22-20-10-4-5-11-21(20)31(29,30)25-22/h1-5,8-11,17,19,24H,6-7,12-16H2. The largest absolute Gasteiger partial charge is 0.380 e. The lowest BCUT2D eigenvalue weighted by molar-refractivity contribution is -0.135. The van der Waals surface area contributed by atoms with Gasteiger partial charge in [0.15, 0.2) is 5.84 Å². The lowest BCUT2D eigenvalue weighted by atomic mass is 9.96. The average molecular weight is 439 g/mol. The molecule has 2 saturated heterocycles. The van der Waals surface area contributed by atoms with Gasteiger partial charge in [-0.3, -0.25) is 4.79 Å². The first-order valence-corrected chi connectivity index (χ1v) is 12.2. The Balaban J connectivity index is 1.26. The molecule has 2 atom stereocenters. The number of amidine groups is 1. The molecule has 2 aromatic carbocycles. The van der Waals surface area contributed by atoms with Crippen LogP contribution in [0.5, 0.6) is 0 Å². The molecule has 3 heterocycles. The van der Waals surface area contributed by atoms with Gasteiger partial charge >= 0.3 is 0 Å². The molecule has 0 bridgehead atoms. The third-order valence-corrected chi connectivity index (χ3v) is 7.65. The number of benzene rings is 2. The van der Waals surface area contributed by atoms with Crippen LogP contribution in [0.3, 0.4) is 0 Å². The van der Waals surface area contributed by atoms with Crippen LogP contribution in [0.1, 0.15) is 24.8 Å². The van der Waals surface area contributed by atoms with Crippen LogP contribution in [-0.2, 0) is 14.8 Å². The summed E-state index contributed by atoms with van der Waals surface area (Å²) in [6.07, 6.45) is 2.59. The van der Waals surface area contributed by atoms with Gasteiger partial charge in [-0.15, -0.1) is 4.40 Å². The summed E-state index contributed by atoms with van der Waals surface area (Å²) in [6, 6.07) is 17.3. The molecular formula is C23H26N4O3S. The molecule has 2 fully saturated rings. The van der Waals surface area contributed by atoms with Gasteiger partial charge in [-0.25, -0.2) is 0 Å². The number of fused-ring (bicyclic) bond motifs is 1. The molecule has 0 saturated carbocycles. The number of carbonyl (C=O) groups is 1. The van der Waals surface area contributed by atoms with E-state index in [0.717, 1.165) is 31.5 Å². The molecule has 7 nitrogen and oxygen atoms in total. The van der Waals surface area contributed by atoms with Crippen LogP contribution in [-0.4, -0.2) is 62.2 Å². The summed E-state index contributed by atoms with van der Waals surface area (Å²) in [5.74, 6) is 0.511. The summed E-state index contributed by atoms with van der Waals surface area (Å²) in [5, 5.41) is 3.51. The van der Waals surface area contributed by atoms with E-state index < -0.39 is 10.0 Å². The molecule has 1 N–H and O–H groups in total. The van der Waals surface area contributed by atoms with Crippen molar-refractivity contribution >= 4 is 27.5 Å². The fraction of sp³-hybridized carbons (Fsp3) is 0.391. The minimum absolute atomic E-state index is 0.137. The van der Waals surface area contributed by atoms with Gasteiger partial charge in [-0.2, -0.15) is 8.42 Å². The molecule has 0 radical (unpaired) electrons. The molecule has 0 aliphatic carbocycles. The number of piperidine rings is 1. The third-order valence-electron chi connectivity index (χ3n) is 6.33. The fourth-order valence-corrected chi connectivity index (χ4v) is 6.02. The van der Waals surface area contributed by atoms with Gasteiger partial charge in [0.05, 0.1) is 5.92 Å². The number of para-hydroxylation sites is 1. The van der Waals surface area contributed by atoms with E-state index >= 15 is 0 Å². The number of carbonyl (C=O) groups excluding carboxylic acids is 1. The van der Waals surface area contributed by atoms with Gasteiger partial charge in [-0.05, 0) is 43.5 Å². The molecule has 3 aliphatic rings. The minimum Gasteiger partial charge on any atom is -0.380 e. The van der Waals surface area contributed by atoms with Crippen molar-refractivity contribution in [1.82, 2.24) is 9.80 Å². The number of likely N-dealkylation sites (tertiary alicyclic amines) is 2. The maximum absolute atomic E-state index is 13.2. The molecule has 5 rings (SSSR count). The van der Waals surface area contributed by atoms with Crippen molar-refractivity contribution in [3.63, 3.8) is 0 Å². The quantitative estimate of drug-likeness (QED) is 0.797. The highest BCUT2D eigenvalue weighted by Crippen LogP contribution is 2.30. The maximum Gasteiger partial charge on any atom is 0.285 e. The summed E-state index contributed by atoms with van der Waals surface area (Å²) in [7, 11) is -3.65. The highest BCUT2D eigenvalue weighted by atomic mass is 32.2. The molecule has 0 spiro atoms. The predicted molar refractivity (Wildman–Crippen MR) is 120 cm³/mol. The molecule has 1 amide bonds. The smallest absolute Gasteiger partial charge is 0.285 e. The van der Waals surface area contributed by atoms with Crippen molar-refractivity contribution in [2.24, 2.45) is 10.3 Å². The molecule has 3 aliphatic heterocycles. The number of nitrogens with zero attached hydrogens (tertiary/aromatic N) is 3. The van der Waals surface area contributed by atoms with Gasteiger partial charge < -0.3 is 15.1 Å². The molecule has 2 unspecified atom stereocenters. The second-order valence-electron chi connectivity index (χ2n) is 8.45. The normalized spacial score (nSPS) is 24.6. The van der Waals surface area contributed by atoms with Crippen molar-refractivity contribution in [3.8, 4) is 0 Å². The van der Waals surface area contributed by atoms with Crippen molar-refractivity contribution in [3.05, 3.63) is 60.2 Å². The van der Waals surface area contributed by atoms with Gasteiger partial charge in [0, 0.05) is 43.5 Å². The van der Waals surface area contributed by atoms with Crippen LogP contribution in [0.2, 0.25) is 0 Å². The summed E-state index contributed by atoms with van der Waals surface area (Å²) >= 11 is 0. The Morgan fingerprint density at radius 3 is 2.58 bits per heavy atom. The Bertz CT molecular complexity index is 1120. The number of amides is 1. The van der Waals surface area contributed by atoms with Crippen molar-refractivity contribution < 1.29 is 13.2 Å². The highest BCUT2D eigenvalue weighted by molar-refractivity contribution is 7.90. The second-order valence-corrected chi connectivity index (χ2v) is 10.0. The molecule has 8 heteroatoms. The minimum atomic E-state index is -3.65. The predicted octanol–water partition coefficient (Wildman–Crippen LogP) is 2.56. The Hall–Kier alpha value is -2.87. The number of hydrogen-bond donors (Lipinski definition) is 1. The Morgan fingerprint density at radius 1 is 0.968 bits per heavy atom. The van der Waals surface area contributed by atoms with E-state index in [9.17, 15) is 13.2 Å². The summed E-state index contributed by atoms with van der Waals surface area (Å²) in [4.78, 5) is 17.4. The number of rotatable bonds is 3. The zero-order chi connectivity index (χ0) is 21.4. The van der Waals surface area contributed by atoms with E-state index in [-0.39, 0.29) is 22.8 Å². The second kappa shape index (κ2) is 8.00. The lowest BCUT2D eigenvalue weighted by Gasteiger charge is -2.35. The van der Waals surface area contributed by atoms with Gasteiger partial charge in [0.25, 0.3) is 10.0 Å². The first-order valence-electron chi connectivity index (χ1n) is 10.8. The molecule has 162 valence electrons. The maximum atomic E-state index is 13.2. The molecule has 0 aromatic heterocycles. The van der Waals surface area contributed by atoms with Crippen molar-refractivity contribution in [1.29, 1.82) is 0 Å². The van der Waals surface area contributed by atoms with E-state index in [0.29, 0.717) is 31.0 Å². The topological polar surface area (TPSA) is 82.1 Å². The first-order chi connectivity index (χ1) is 15.0. The molecular weight excluding hydrogens is 412 g/mol. The highest BCUT2D eigenvalue weighted by Gasteiger charge is 2.37. The van der Waals surface area contributed by atoms with Crippen LogP contribution in [0.25, 0.3) is 0 Å². The first kappa shape index (κ1) is 20.1. The van der Waals surface area contributed by atoms with Gasteiger partial charge in [-0.1, -0.05) is 30.3 Å². The number of nitrogens with one attached hydrogen (secondary N) is 1. The Kier molecular flexibility index (Phi) is 5.17. The van der Waals surface area contributed by atoms with Crippen LogP contribution in [0.4, 0.5) is 5.69 Å². The van der Waals surface area contributed by atoms with E-state index in [2.05, 4.69) is 9.71 Å². The van der Waals surface area contributed by atoms with E-state index in [1.807, 2.05) is 46.2 Å². The Labute approximate surface area is 182 Å². The summed E-state index contributed by atoms with van der Waals surface area (Å²) < 4.78 is 28.9. The van der Waals surface area contributed by atoms with Crippen LogP contribution in [0, 0.1) is 5.92 Å². The number of anilines is 1. The monoisotopic (exact) mass is 438 g/mol. The summed E-state index contributed by atoms with van der Waals surface area (Å²) in [5.41, 5.74) is 1.72. The fourth-order valence-electron chi connectivity index (χ4n) is 4.79. The van der Waals surface area contributed by atoms with Crippen molar-refractivity contribution in [2.75, 3.05) is 31.5 Å². The lowest BCUT2D eigenvalue weighted by Crippen LogP contribution is -2.46. The van der Waals surface area contributed by atoms with Crippen LogP contribution < -0.4 is 5.32 Å². The third kappa shape index (κ3) is 3.92. The zero-order valence-electron chi connectivity index (χ0n) is 17.3. The SMILES string of the molecule is O=C(C1CCCN(C2=NS(=O)(=O)c3ccccc32)C1)N1CCC(Nc2ccccc2)C1. The molecule has 2 aromatic rings. The average Bonchev–Trinajstić information content (AvgIpc) is 3.36. The van der Waals surface area contributed by atoms with Gasteiger partial charge in [0.2, 0.25) is 5.91 Å². The zero-order valence-corrected chi connectivity index (χ0v) is 18.1. The number of sulfonamides is 1. The van der Waals surface area contributed by atoms with Crippen LogP contribution in [0.15, 0.2) is 63.9 Å². The van der Waals surface area contributed by atoms with Crippen LogP contribution >= 0.6 is 0 Å². The van der Waals surface area contributed by atoms with E-state index in [4.69, 9.17) is 0 Å². The van der Waals surface area contributed by atoms with Crippen molar-refractivity contribution in [2.45, 2.75) is 30.2 Å². The molecule has 31 heavy (non-hydrogen) atoms. The Morgan fingerprint density at radius 2 is 1.74 bits per heavy atom.